The number of nitrogens with one attached hydrogen (secondary N) is 4. The number of carbonyl (C=O) groups is 5. The number of carbonyl (C=O) groups excluding carboxylic acids is 5. The van der Waals surface area contributed by atoms with Gasteiger partial charge < -0.3 is 26.2 Å². The second-order valence-electron chi connectivity index (χ2n) is 16.1. The lowest BCUT2D eigenvalue weighted by atomic mass is 9.83. The van der Waals surface area contributed by atoms with Crippen LogP contribution < -0.4 is 21.3 Å². The molecule has 1 aliphatic heterocycles. The zero-order chi connectivity index (χ0) is 39.9. The molecular formula is C38H58N6O7S2. The highest BCUT2D eigenvalue weighted by atomic mass is 32.2. The molecule has 0 bridgehead atoms. The summed E-state index contributed by atoms with van der Waals surface area (Å²) in [5.74, 6) is -3.25. The fourth-order valence-electron chi connectivity index (χ4n) is 6.43. The SMILES string of the molecule is C=CCNC(=O)C(=O)C(CC1CC1)NC(=O)[C@@H]1[C@@H](C(C=C)C=C)CCN1C(=O)[C@@H](NC(=O)N[C@H](CN(C)S(=O)(=O)c1cccs1)C(C)(C)C)C(C)(C)C. The van der Waals surface area contributed by atoms with E-state index in [2.05, 4.69) is 41.0 Å². The van der Waals surface area contributed by atoms with E-state index in [1.807, 2.05) is 20.8 Å². The van der Waals surface area contributed by atoms with Crippen LogP contribution in [0.25, 0.3) is 0 Å². The Hall–Kier alpha value is -3.82. The molecular weight excluding hydrogens is 717 g/mol. The van der Waals surface area contributed by atoms with Crippen molar-refractivity contribution in [2.24, 2.45) is 28.6 Å². The van der Waals surface area contributed by atoms with Gasteiger partial charge in [-0.15, -0.1) is 31.1 Å². The first kappa shape index (κ1) is 43.6. The number of likely N-dealkylation sites (tertiary alicyclic amines) is 1. The van der Waals surface area contributed by atoms with Crippen LogP contribution in [0.15, 0.2) is 59.7 Å². The Morgan fingerprint density at radius 3 is 2.13 bits per heavy atom. The predicted octanol–water partition coefficient (Wildman–Crippen LogP) is 3.86. The Morgan fingerprint density at radius 1 is 0.981 bits per heavy atom. The maximum absolute atomic E-state index is 14.6. The monoisotopic (exact) mass is 774 g/mol. The number of nitrogens with zero attached hydrogens (tertiary/aromatic N) is 2. The van der Waals surface area contributed by atoms with Crippen molar-refractivity contribution in [3.8, 4) is 0 Å². The summed E-state index contributed by atoms with van der Waals surface area (Å²) in [5, 5.41) is 12.7. The predicted molar refractivity (Wildman–Crippen MR) is 207 cm³/mol. The highest BCUT2D eigenvalue weighted by Crippen LogP contribution is 2.36. The van der Waals surface area contributed by atoms with E-state index in [1.165, 1.54) is 28.4 Å². The molecule has 1 saturated carbocycles. The molecule has 3 rings (SSSR count). The van der Waals surface area contributed by atoms with Crippen molar-refractivity contribution in [2.45, 2.75) is 95.6 Å². The first-order valence-electron chi connectivity index (χ1n) is 18.0. The van der Waals surface area contributed by atoms with Crippen LogP contribution in [0.5, 0.6) is 0 Å². The molecule has 53 heavy (non-hydrogen) atoms. The van der Waals surface area contributed by atoms with Gasteiger partial charge in [0, 0.05) is 32.7 Å². The summed E-state index contributed by atoms with van der Waals surface area (Å²) in [6.07, 6.45) is 7.28. The molecule has 1 aromatic heterocycles. The van der Waals surface area contributed by atoms with Gasteiger partial charge in [0.2, 0.25) is 17.6 Å². The van der Waals surface area contributed by atoms with E-state index in [0.717, 1.165) is 24.2 Å². The van der Waals surface area contributed by atoms with E-state index in [0.29, 0.717) is 12.8 Å². The van der Waals surface area contributed by atoms with Gasteiger partial charge in [0.15, 0.2) is 0 Å². The number of sulfonamides is 1. The van der Waals surface area contributed by atoms with Gasteiger partial charge in [-0.25, -0.2) is 13.2 Å². The van der Waals surface area contributed by atoms with Crippen molar-refractivity contribution >= 4 is 50.9 Å². The number of thiophene rings is 1. The molecule has 294 valence electrons. The number of amides is 5. The van der Waals surface area contributed by atoms with Gasteiger partial charge in [-0.1, -0.05) is 78.7 Å². The Labute approximate surface area is 319 Å². The van der Waals surface area contributed by atoms with Crippen LogP contribution in [0, 0.1) is 28.6 Å². The molecule has 0 aromatic carbocycles. The number of likely N-dealkylation sites (N-methyl/N-ethyl adjacent to an activating group) is 1. The number of hydrogen-bond donors (Lipinski definition) is 4. The summed E-state index contributed by atoms with van der Waals surface area (Å²) in [5.41, 5.74) is -1.40. The largest absolute Gasteiger partial charge is 0.346 e. The maximum atomic E-state index is 14.6. The molecule has 1 unspecified atom stereocenters. The summed E-state index contributed by atoms with van der Waals surface area (Å²) in [7, 11) is -2.34. The van der Waals surface area contributed by atoms with Gasteiger partial charge in [0.05, 0.1) is 6.04 Å². The van der Waals surface area contributed by atoms with Crippen LogP contribution in [-0.4, -0.2) is 98.0 Å². The number of urea groups is 1. The quantitative estimate of drug-likeness (QED) is 0.130. The van der Waals surface area contributed by atoms with Crippen molar-refractivity contribution in [2.75, 3.05) is 26.7 Å². The first-order chi connectivity index (χ1) is 24.7. The summed E-state index contributed by atoms with van der Waals surface area (Å²) in [6.45, 7) is 22.7. The lowest BCUT2D eigenvalue weighted by Gasteiger charge is -2.38. The fraction of sp³-hybridized carbons (Fsp3) is 0.605. The summed E-state index contributed by atoms with van der Waals surface area (Å²) >= 11 is 1.10. The molecule has 4 N–H and O–H groups in total. The highest BCUT2D eigenvalue weighted by Gasteiger charge is 2.49. The van der Waals surface area contributed by atoms with E-state index in [9.17, 15) is 32.4 Å². The van der Waals surface area contributed by atoms with Crippen molar-refractivity contribution in [1.29, 1.82) is 0 Å². The van der Waals surface area contributed by atoms with E-state index in [4.69, 9.17) is 0 Å². The minimum Gasteiger partial charge on any atom is -0.346 e. The minimum atomic E-state index is -3.80. The molecule has 2 fully saturated rings. The van der Waals surface area contributed by atoms with E-state index < -0.39 is 80.5 Å². The molecule has 0 spiro atoms. The topological polar surface area (TPSA) is 174 Å². The molecule has 1 aromatic rings. The molecule has 1 aliphatic carbocycles. The molecule has 0 radical (unpaired) electrons. The standard InChI is InChI=1S/C38H58N6O7S2/c1-11-19-39-34(47)31(45)27(22-24-16-17-24)40-33(46)30-26(25(12-2)13-3)18-20-44(30)35(48)32(38(7,8)9)42-36(49)41-28(37(4,5)6)23-43(10)53(50,51)29-15-14-21-52-29/h11-15,21,24-28,30,32H,1-3,16-20,22-23H2,4-10H3,(H,39,47)(H,40,46)(H2,41,42,49)/t26-,27?,28-,30+,32-/m1/s1. The smallest absolute Gasteiger partial charge is 0.315 e. The third-order valence-electron chi connectivity index (χ3n) is 9.90. The minimum absolute atomic E-state index is 0.0296. The molecule has 5 amide bonds. The van der Waals surface area contributed by atoms with Crippen molar-refractivity contribution < 1.29 is 32.4 Å². The van der Waals surface area contributed by atoms with E-state index >= 15 is 0 Å². The summed E-state index contributed by atoms with van der Waals surface area (Å²) < 4.78 is 27.8. The summed E-state index contributed by atoms with van der Waals surface area (Å²) in [6, 6.07) is -1.39. The van der Waals surface area contributed by atoms with Crippen LogP contribution >= 0.6 is 11.3 Å². The van der Waals surface area contributed by atoms with Crippen LogP contribution in [0.2, 0.25) is 0 Å². The number of Topliss-reactive ketones (excluding diaryl/α,β-unsaturated/α-hetero) is 1. The van der Waals surface area contributed by atoms with Crippen molar-refractivity contribution in [3.63, 3.8) is 0 Å². The number of rotatable bonds is 18. The van der Waals surface area contributed by atoms with Gasteiger partial charge in [0.1, 0.15) is 16.3 Å². The summed E-state index contributed by atoms with van der Waals surface area (Å²) in [4.78, 5) is 69.9. The fourth-order valence-corrected chi connectivity index (χ4v) is 8.82. The zero-order valence-corrected chi connectivity index (χ0v) is 33.8. The molecule has 13 nitrogen and oxygen atoms in total. The van der Waals surface area contributed by atoms with E-state index in [-0.39, 0.29) is 35.7 Å². The number of hydrogen-bond acceptors (Lipinski definition) is 8. The Bertz CT molecular complexity index is 1620. The molecule has 2 heterocycles. The second-order valence-corrected chi connectivity index (χ2v) is 19.4. The van der Waals surface area contributed by atoms with Gasteiger partial charge >= 0.3 is 6.03 Å². The first-order valence-corrected chi connectivity index (χ1v) is 20.3. The lowest BCUT2D eigenvalue weighted by molar-refractivity contribution is -0.144. The van der Waals surface area contributed by atoms with Crippen molar-refractivity contribution in [1.82, 2.24) is 30.5 Å². The highest BCUT2D eigenvalue weighted by molar-refractivity contribution is 7.91. The van der Waals surface area contributed by atoms with Crippen LogP contribution in [0.1, 0.15) is 67.2 Å². The van der Waals surface area contributed by atoms with Gasteiger partial charge in [-0.05, 0) is 52.9 Å². The van der Waals surface area contributed by atoms with Crippen LogP contribution in [0.3, 0.4) is 0 Å². The number of ketones is 1. The third-order valence-corrected chi connectivity index (χ3v) is 13.1. The van der Waals surface area contributed by atoms with Crippen LogP contribution in [0.4, 0.5) is 4.79 Å². The normalized spacial score (nSPS) is 19.5. The zero-order valence-electron chi connectivity index (χ0n) is 32.1. The molecule has 1 saturated heterocycles. The molecule has 2 aliphatic rings. The molecule has 5 atom stereocenters. The number of allylic oxidation sites excluding steroid dienone is 2. The third kappa shape index (κ3) is 11.3. The molecule has 15 heteroatoms. The van der Waals surface area contributed by atoms with E-state index in [1.54, 1.807) is 44.4 Å². The van der Waals surface area contributed by atoms with Crippen LogP contribution in [-0.2, 0) is 29.2 Å². The second kappa shape index (κ2) is 18.0. The van der Waals surface area contributed by atoms with Gasteiger partial charge in [-0.2, -0.15) is 4.31 Å². The Morgan fingerprint density at radius 2 is 1.62 bits per heavy atom. The van der Waals surface area contributed by atoms with Crippen molar-refractivity contribution in [3.05, 3.63) is 55.5 Å². The maximum Gasteiger partial charge on any atom is 0.315 e. The lowest BCUT2D eigenvalue weighted by Crippen LogP contribution is -2.62. The van der Waals surface area contributed by atoms with Gasteiger partial charge in [0.25, 0.3) is 15.9 Å². The Kier molecular flexibility index (Phi) is 14.8. The Balaban J connectivity index is 1.88. The average Bonchev–Trinajstić information content (AvgIpc) is 3.51. The average molecular weight is 775 g/mol. The van der Waals surface area contributed by atoms with Gasteiger partial charge in [-0.3, -0.25) is 19.2 Å².